The normalized spacial score (nSPS) is 14.4. The first kappa shape index (κ1) is 23.0. The fraction of sp³-hybridized carbons (Fsp3) is 0.417. The van der Waals surface area contributed by atoms with Crippen molar-refractivity contribution in [3.63, 3.8) is 0 Å². The number of aromatic hydroxyl groups is 1. The predicted octanol–water partition coefficient (Wildman–Crippen LogP) is 3.56. The molecule has 0 saturated heterocycles. The van der Waals surface area contributed by atoms with E-state index < -0.39 is 7.81 Å². The van der Waals surface area contributed by atoms with Gasteiger partial charge in [0.25, 0.3) is 0 Å². The van der Waals surface area contributed by atoms with E-state index in [0.717, 1.165) is 0 Å². The molecule has 0 atom stereocenters. The van der Waals surface area contributed by atoms with Crippen LogP contribution in [0.15, 0.2) is 24.3 Å². The van der Waals surface area contributed by atoms with Gasteiger partial charge in [0, 0.05) is 16.5 Å². The summed E-state index contributed by atoms with van der Waals surface area (Å²) in [6.45, 7) is 0.0674. The summed E-state index contributed by atoms with van der Waals surface area (Å²) in [5.41, 5.74) is 0.552. The number of phenolic OH excluding ortho intramolecular Hbond substituents is 1. The molecular formula is C12H17F6O4PS. The number of phenols is 1. The van der Waals surface area contributed by atoms with E-state index in [4.69, 9.17) is 15.3 Å². The van der Waals surface area contributed by atoms with Crippen molar-refractivity contribution in [3.05, 3.63) is 29.8 Å². The van der Waals surface area contributed by atoms with Crippen LogP contribution in [0.1, 0.15) is 10.4 Å². The number of aliphatic hydroxyl groups excluding tert-OH is 2. The number of aliphatic hydroxyl groups is 2. The molecule has 1 rings (SSSR count). The molecule has 12 heteroatoms. The Morgan fingerprint density at radius 1 is 0.917 bits per heavy atom. The van der Waals surface area contributed by atoms with Crippen molar-refractivity contribution in [1.82, 2.24) is 0 Å². The second-order valence-corrected chi connectivity index (χ2v) is 8.79. The minimum atomic E-state index is -10.7. The molecule has 0 spiro atoms. The fourth-order valence-electron chi connectivity index (χ4n) is 1.42. The molecule has 3 N–H and O–H groups in total. The Morgan fingerprint density at radius 3 is 1.62 bits per heavy atom. The topological polar surface area (TPSA) is 77.8 Å². The molecule has 24 heavy (non-hydrogen) atoms. The SMILES string of the molecule is F[P-](F)(F)(F)(F)F.O=C(C[S+](CCO)CCO)c1ccc(O)cc1. The average Bonchev–Trinajstić information content (AvgIpc) is 2.36. The smallest absolute Gasteiger partial charge is 0.211 e. The van der Waals surface area contributed by atoms with Crippen molar-refractivity contribution in [3.8, 4) is 5.75 Å². The van der Waals surface area contributed by atoms with Crippen LogP contribution in [0, 0.1) is 0 Å². The minimum absolute atomic E-state index is 0.0183. The summed E-state index contributed by atoms with van der Waals surface area (Å²) < 4.78 is 59.2. The Labute approximate surface area is 136 Å². The summed E-state index contributed by atoms with van der Waals surface area (Å²) in [5.74, 6) is 1.54. The molecule has 0 unspecified atom stereocenters. The Balaban J connectivity index is 0.000000640. The van der Waals surface area contributed by atoms with Gasteiger partial charge in [0.05, 0.1) is 13.2 Å². The number of carbonyl (C=O) groups excluding carboxylic acids is 1. The number of hydrogen-bond donors (Lipinski definition) is 3. The van der Waals surface area contributed by atoms with Gasteiger partial charge in [-0.25, -0.2) is 0 Å². The van der Waals surface area contributed by atoms with Crippen LogP contribution in [0.4, 0.5) is 25.2 Å². The number of rotatable bonds is 7. The second-order valence-electron chi connectivity index (χ2n) is 4.54. The molecule has 0 heterocycles. The van der Waals surface area contributed by atoms with Crippen molar-refractivity contribution in [2.45, 2.75) is 0 Å². The van der Waals surface area contributed by atoms with Crippen molar-refractivity contribution in [1.29, 1.82) is 0 Å². The van der Waals surface area contributed by atoms with E-state index in [2.05, 4.69) is 0 Å². The van der Waals surface area contributed by atoms with E-state index >= 15 is 0 Å². The van der Waals surface area contributed by atoms with Crippen LogP contribution >= 0.6 is 7.81 Å². The van der Waals surface area contributed by atoms with Crippen LogP contribution < -0.4 is 0 Å². The first-order valence-corrected chi connectivity index (χ1v) is 10.1. The molecule has 4 nitrogen and oxygen atoms in total. The van der Waals surface area contributed by atoms with E-state index in [1.54, 1.807) is 12.1 Å². The van der Waals surface area contributed by atoms with Gasteiger partial charge < -0.3 is 15.3 Å². The third-order valence-electron chi connectivity index (χ3n) is 2.28. The van der Waals surface area contributed by atoms with Crippen molar-refractivity contribution in [2.24, 2.45) is 0 Å². The number of carbonyl (C=O) groups is 1. The van der Waals surface area contributed by atoms with Gasteiger partial charge in [0.2, 0.25) is 5.78 Å². The molecule has 0 amide bonds. The molecule has 0 aliphatic carbocycles. The number of hydrogen-bond acceptors (Lipinski definition) is 4. The third-order valence-corrected chi connectivity index (χ3v) is 4.47. The maximum Gasteiger partial charge on any atom is 0.211 e. The zero-order chi connectivity index (χ0) is 19.1. The van der Waals surface area contributed by atoms with Gasteiger partial charge >= 0.3 is 33.0 Å². The van der Waals surface area contributed by atoms with Crippen LogP contribution in [0.25, 0.3) is 0 Å². The molecule has 142 valence electrons. The van der Waals surface area contributed by atoms with Gasteiger partial charge in [-0.2, -0.15) is 0 Å². The van der Waals surface area contributed by atoms with Gasteiger partial charge in [-0.3, -0.25) is 4.79 Å². The Bertz CT molecular complexity index is 517. The summed E-state index contributed by atoms with van der Waals surface area (Å²) in [6, 6.07) is 6.11. The molecule has 0 aromatic heterocycles. The van der Waals surface area contributed by atoms with Crippen LogP contribution in [0.5, 0.6) is 5.75 Å². The van der Waals surface area contributed by atoms with Crippen LogP contribution in [-0.2, 0) is 10.9 Å². The maximum atomic E-state index is 11.9. The van der Waals surface area contributed by atoms with E-state index in [-0.39, 0.29) is 35.6 Å². The quantitative estimate of drug-likeness (QED) is 0.282. The van der Waals surface area contributed by atoms with E-state index in [0.29, 0.717) is 22.8 Å². The van der Waals surface area contributed by atoms with E-state index in [1.165, 1.54) is 12.1 Å². The Morgan fingerprint density at radius 2 is 1.29 bits per heavy atom. The van der Waals surface area contributed by atoms with Crippen molar-refractivity contribution < 1.29 is 45.3 Å². The van der Waals surface area contributed by atoms with Crippen LogP contribution in [0.3, 0.4) is 0 Å². The van der Waals surface area contributed by atoms with Crippen LogP contribution in [-0.4, -0.2) is 51.6 Å². The first-order chi connectivity index (χ1) is 10.6. The third kappa shape index (κ3) is 15.9. The molecule has 0 aliphatic heterocycles. The first-order valence-electron chi connectivity index (χ1n) is 6.37. The van der Waals surface area contributed by atoms with E-state index in [9.17, 15) is 30.0 Å². The second kappa shape index (κ2) is 7.90. The summed E-state index contributed by atoms with van der Waals surface area (Å²) in [6.07, 6.45) is 0. The number of Topliss-reactive ketones (excluding diaryl/α,β-unsaturated/α-hetero) is 1. The summed E-state index contributed by atoms with van der Waals surface area (Å²) in [4.78, 5) is 11.9. The van der Waals surface area contributed by atoms with Crippen molar-refractivity contribution in [2.75, 3.05) is 30.5 Å². The minimum Gasteiger partial charge on any atom is -0.508 e. The van der Waals surface area contributed by atoms with Gasteiger partial charge in [-0.05, 0) is 24.3 Å². The maximum absolute atomic E-state index is 11.9. The molecular weight excluding hydrogens is 385 g/mol. The van der Waals surface area contributed by atoms with Gasteiger partial charge in [-0.1, -0.05) is 0 Å². The molecule has 0 fully saturated rings. The Hall–Kier alpha value is -1.03. The molecule has 0 saturated carbocycles. The number of halogens is 6. The zero-order valence-electron chi connectivity index (χ0n) is 12.2. The molecule has 0 bridgehead atoms. The summed E-state index contributed by atoms with van der Waals surface area (Å²) in [5, 5.41) is 26.8. The summed E-state index contributed by atoms with van der Waals surface area (Å²) in [7, 11) is -10.9. The predicted molar refractivity (Wildman–Crippen MR) is 82.1 cm³/mol. The molecule has 0 aliphatic rings. The standard InChI is InChI=1S/C12H16O4S.F6P/c13-5-7-17(8-6-14)9-12(16)10-1-3-11(15)4-2-10;1-7(2,3,4,5)6/h1-4,13-14H,5-9H2;/q;-1/p+1. The Kier molecular flexibility index (Phi) is 7.56. The largest absolute Gasteiger partial charge is 0.508 e. The van der Waals surface area contributed by atoms with Gasteiger partial charge in [0.1, 0.15) is 17.3 Å². The summed E-state index contributed by atoms with van der Waals surface area (Å²) >= 11 is 0. The molecule has 1 aromatic carbocycles. The monoisotopic (exact) mass is 402 g/mol. The van der Waals surface area contributed by atoms with Crippen molar-refractivity contribution >= 4 is 24.5 Å². The van der Waals surface area contributed by atoms with Gasteiger partial charge in [0.15, 0.2) is 5.75 Å². The fourth-order valence-corrected chi connectivity index (χ4v) is 2.97. The number of benzene rings is 1. The average molecular weight is 402 g/mol. The van der Waals surface area contributed by atoms with E-state index in [1.807, 2.05) is 0 Å². The molecule has 0 radical (unpaired) electrons. The number of ketones is 1. The van der Waals surface area contributed by atoms with Gasteiger partial charge in [-0.15, -0.1) is 0 Å². The molecule has 1 aromatic rings. The van der Waals surface area contributed by atoms with Crippen LogP contribution in [0.2, 0.25) is 0 Å². The zero-order valence-corrected chi connectivity index (χ0v) is 13.9.